The molecule has 8 heteroatoms. The highest BCUT2D eigenvalue weighted by Crippen LogP contribution is 2.27. The molecule has 0 aliphatic rings. The standard InChI is InChI=1S/C13H13BrF3NO3/c1-2-9(7-4-3-5-8(14)6-7)10(11(19)20)18-12(21)13(15,16)17/h3-6,9-10H,2H2,1H3,(H,18,21)(H,19,20). The fourth-order valence-corrected chi connectivity index (χ4v) is 2.38. The Morgan fingerprint density at radius 1 is 1.38 bits per heavy atom. The number of aliphatic carboxylic acids is 1. The number of benzene rings is 1. The molecular weight excluding hydrogens is 355 g/mol. The van der Waals surface area contributed by atoms with Crippen LogP contribution in [-0.4, -0.2) is 29.2 Å². The van der Waals surface area contributed by atoms with Crippen LogP contribution in [0.15, 0.2) is 28.7 Å². The van der Waals surface area contributed by atoms with E-state index in [0.717, 1.165) is 0 Å². The van der Waals surface area contributed by atoms with Gasteiger partial charge in [-0.05, 0) is 24.1 Å². The third-order valence-corrected chi connectivity index (χ3v) is 3.42. The lowest BCUT2D eigenvalue weighted by Gasteiger charge is -2.24. The Morgan fingerprint density at radius 2 is 2.00 bits per heavy atom. The molecule has 0 radical (unpaired) electrons. The molecule has 0 saturated carbocycles. The van der Waals surface area contributed by atoms with E-state index in [2.05, 4.69) is 15.9 Å². The van der Waals surface area contributed by atoms with Gasteiger partial charge in [-0.25, -0.2) is 4.79 Å². The van der Waals surface area contributed by atoms with E-state index in [1.807, 2.05) is 0 Å². The number of hydrogen-bond donors (Lipinski definition) is 2. The average molecular weight is 368 g/mol. The average Bonchev–Trinajstić information content (AvgIpc) is 2.37. The van der Waals surface area contributed by atoms with Crippen molar-refractivity contribution in [1.82, 2.24) is 5.32 Å². The maximum atomic E-state index is 12.3. The minimum absolute atomic E-state index is 0.256. The van der Waals surface area contributed by atoms with Crippen LogP contribution < -0.4 is 5.32 Å². The van der Waals surface area contributed by atoms with E-state index in [1.54, 1.807) is 36.5 Å². The molecule has 0 aliphatic heterocycles. The Hall–Kier alpha value is -1.57. The van der Waals surface area contributed by atoms with Crippen LogP contribution in [0.1, 0.15) is 24.8 Å². The predicted molar refractivity (Wildman–Crippen MR) is 72.8 cm³/mol. The SMILES string of the molecule is CCC(c1cccc(Br)c1)C(NC(=O)C(F)(F)F)C(=O)O. The summed E-state index contributed by atoms with van der Waals surface area (Å²) in [5.41, 5.74) is 0.529. The summed E-state index contributed by atoms with van der Waals surface area (Å²) in [6.07, 6.45) is -4.87. The molecule has 0 aliphatic carbocycles. The minimum Gasteiger partial charge on any atom is -0.480 e. The fraction of sp³-hybridized carbons (Fsp3) is 0.385. The molecule has 1 aromatic rings. The molecule has 0 aromatic heterocycles. The zero-order valence-electron chi connectivity index (χ0n) is 10.9. The molecule has 1 aromatic carbocycles. The van der Waals surface area contributed by atoms with Crippen LogP contribution in [0.4, 0.5) is 13.2 Å². The van der Waals surface area contributed by atoms with E-state index in [9.17, 15) is 22.8 Å². The molecule has 4 nitrogen and oxygen atoms in total. The highest BCUT2D eigenvalue weighted by Gasteiger charge is 2.42. The number of amides is 1. The highest BCUT2D eigenvalue weighted by atomic mass is 79.9. The van der Waals surface area contributed by atoms with Crippen LogP contribution >= 0.6 is 15.9 Å². The van der Waals surface area contributed by atoms with Crippen LogP contribution in [0.3, 0.4) is 0 Å². The zero-order valence-corrected chi connectivity index (χ0v) is 12.5. The van der Waals surface area contributed by atoms with E-state index in [4.69, 9.17) is 5.11 Å². The van der Waals surface area contributed by atoms with Crippen LogP contribution in [-0.2, 0) is 9.59 Å². The lowest BCUT2D eigenvalue weighted by Crippen LogP contribution is -2.49. The summed E-state index contributed by atoms with van der Waals surface area (Å²) in [5.74, 6) is -4.55. The molecule has 0 bridgehead atoms. The fourth-order valence-electron chi connectivity index (χ4n) is 1.96. The largest absolute Gasteiger partial charge is 0.480 e. The first-order valence-corrected chi connectivity index (χ1v) is 6.82. The van der Waals surface area contributed by atoms with Crippen molar-refractivity contribution in [2.45, 2.75) is 31.5 Å². The van der Waals surface area contributed by atoms with Crippen molar-refractivity contribution in [3.63, 3.8) is 0 Å². The van der Waals surface area contributed by atoms with Gasteiger partial charge >= 0.3 is 18.1 Å². The molecule has 0 saturated heterocycles. The summed E-state index contributed by atoms with van der Waals surface area (Å²) < 4.78 is 37.6. The van der Waals surface area contributed by atoms with E-state index < -0.39 is 30.0 Å². The number of halogens is 4. The Bertz CT molecular complexity index is 534. The van der Waals surface area contributed by atoms with Crippen molar-refractivity contribution >= 4 is 27.8 Å². The maximum Gasteiger partial charge on any atom is 0.471 e. The van der Waals surface area contributed by atoms with Crippen molar-refractivity contribution in [3.8, 4) is 0 Å². The number of carbonyl (C=O) groups excluding carboxylic acids is 1. The summed E-state index contributed by atoms with van der Waals surface area (Å²) in [5, 5.41) is 10.7. The van der Waals surface area contributed by atoms with Crippen molar-refractivity contribution in [2.75, 3.05) is 0 Å². The second-order valence-corrected chi connectivity index (χ2v) is 5.27. The first-order chi connectivity index (χ1) is 9.66. The van der Waals surface area contributed by atoms with Gasteiger partial charge in [0, 0.05) is 10.4 Å². The van der Waals surface area contributed by atoms with Crippen LogP contribution in [0.5, 0.6) is 0 Å². The molecule has 1 amide bonds. The molecule has 2 unspecified atom stereocenters. The van der Waals surface area contributed by atoms with E-state index in [1.165, 1.54) is 0 Å². The molecule has 0 fully saturated rings. The van der Waals surface area contributed by atoms with Crippen molar-refractivity contribution in [3.05, 3.63) is 34.3 Å². The first-order valence-electron chi connectivity index (χ1n) is 6.02. The minimum atomic E-state index is -5.12. The normalized spacial score (nSPS) is 14.3. The second-order valence-electron chi connectivity index (χ2n) is 4.36. The molecule has 2 N–H and O–H groups in total. The van der Waals surface area contributed by atoms with Crippen molar-refractivity contribution < 1.29 is 27.9 Å². The Balaban J connectivity index is 3.07. The van der Waals surface area contributed by atoms with Crippen molar-refractivity contribution in [2.24, 2.45) is 0 Å². The maximum absolute atomic E-state index is 12.3. The third-order valence-electron chi connectivity index (χ3n) is 2.93. The Kier molecular flexibility index (Phi) is 5.77. The Labute approximate surface area is 127 Å². The topological polar surface area (TPSA) is 66.4 Å². The van der Waals surface area contributed by atoms with Crippen LogP contribution in [0.25, 0.3) is 0 Å². The number of hydrogen-bond acceptors (Lipinski definition) is 2. The van der Waals surface area contributed by atoms with Crippen LogP contribution in [0, 0.1) is 0 Å². The number of carboxylic acid groups (broad SMARTS) is 1. The van der Waals surface area contributed by atoms with Crippen LogP contribution in [0.2, 0.25) is 0 Å². The number of carbonyl (C=O) groups is 2. The van der Waals surface area contributed by atoms with Gasteiger partial charge in [0.25, 0.3) is 0 Å². The monoisotopic (exact) mass is 367 g/mol. The molecule has 116 valence electrons. The van der Waals surface area contributed by atoms with Gasteiger partial charge in [0.05, 0.1) is 0 Å². The third kappa shape index (κ3) is 4.73. The van der Waals surface area contributed by atoms with Gasteiger partial charge in [0.15, 0.2) is 0 Å². The second kappa shape index (κ2) is 6.93. The molecule has 1 rings (SSSR count). The van der Waals surface area contributed by atoms with Gasteiger partial charge in [-0.15, -0.1) is 0 Å². The van der Waals surface area contributed by atoms with Crippen molar-refractivity contribution in [1.29, 1.82) is 0 Å². The summed E-state index contributed by atoms with van der Waals surface area (Å²) in [4.78, 5) is 22.2. The van der Waals surface area contributed by atoms with Gasteiger partial charge in [-0.3, -0.25) is 4.79 Å². The molecule has 0 heterocycles. The number of rotatable bonds is 5. The summed E-state index contributed by atoms with van der Waals surface area (Å²) in [7, 11) is 0. The quantitative estimate of drug-likeness (QED) is 0.840. The van der Waals surface area contributed by atoms with Gasteiger partial charge in [0.1, 0.15) is 6.04 Å². The van der Waals surface area contributed by atoms with Gasteiger partial charge < -0.3 is 10.4 Å². The Morgan fingerprint density at radius 3 is 2.43 bits per heavy atom. The summed E-state index contributed by atoms with van der Waals surface area (Å²) in [6.45, 7) is 1.64. The number of nitrogens with one attached hydrogen (secondary N) is 1. The van der Waals surface area contributed by atoms with E-state index in [0.29, 0.717) is 10.0 Å². The van der Waals surface area contributed by atoms with Gasteiger partial charge in [-0.1, -0.05) is 35.0 Å². The first kappa shape index (κ1) is 17.5. The van der Waals surface area contributed by atoms with E-state index >= 15 is 0 Å². The zero-order chi connectivity index (χ0) is 16.2. The molecule has 2 atom stereocenters. The number of alkyl halides is 3. The summed E-state index contributed by atoms with van der Waals surface area (Å²) >= 11 is 3.21. The summed E-state index contributed by atoms with van der Waals surface area (Å²) in [6, 6.07) is 4.92. The highest BCUT2D eigenvalue weighted by molar-refractivity contribution is 9.10. The molecule has 21 heavy (non-hydrogen) atoms. The lowest BCUT2D eigenvalue weighted by molar-refractivity contribution is -0.175. The molecular formula is C13H13BrF3NO3. The molecule has 0 spiro atoms. The van der Waals surface area contributed by atoms with E-state index in [-0.39, 0.29) is 6.42 Å². The van der Waals surface area contributed by atoms with Gasteiger partial charge in [-0.2, -0.15) is 13.2 Å². The predicted octanol–water partition coefficient (Wildman–Crippen LogP) is 3.07. The smallest absolute Gasteiger partial charge is 0.471 e. The van der Waals surface area contributed by atoms with Gasteiger partial charge in [0.2, 0.25) is 0 Å². The number of carboxylic acids is 1. The lowest BCUT2D eigenvalue weighted by atomic mass is 9.89.